The van der Waals surface area contributed by atoms with Gasteiger partial charge in [-0.25, -0.2) is 0 Å². The van der Waals surface area contributed by atoms with Gasteiger partial charge in [-0.1, -0.05) is 0 Å². The van der Waals surface area contributed by atoms with Crippen molar-refractivity contribution in [3.63, 3.8) is 0 Å². The molecule has 0 aromatic carbocycles. The van der Waals surface area contributed by atoms with Gasteiger partial charge in [-0.2, -0.15) is 0 Å². The van der Waals surface area contributed by atoms with Gasteiger partial charge in [-0.05, 0) is 18.5 Å². The summed E-state index contributed by atoms with van der Waals surface area (Å²) in [6, 6.07) is 0. The van der Waals surface area contributed by atoms with Gasteiger partial charge in [0.15, 0.2) is 0 Å². The lowest BCUT2D eigenvalue weighted by atomic mass is 10.3. The first kappa shape index (κ1) is 7.82. The number of carbonyl (C=O) groups excluding carboxylic acids is 1. The normalized spacial score (nSPS) is 26.6. The number of rotatable bonds is 0. The van der Waals surface area contributed by atoms with Crippen molar-refractivity contribution in [2.45, 2.75) is 13.0 Å². The number of hydrogen-bond acceptors (Lipinski definition) is 2. The molecule has 0 bridgehead atoms. The van der Waals surface area contributed by atoms with E-state index in [1.165, 1.54) is 0 Å². The number of hydrogen-bond donors (Lipinski definition) is 0. The Balaban J connectivity index is 2.39. The van der Waals surface area contributed by atoms with Gasteiger partial charge in [0.2, 0.25) is 0 Å². The topological polar surface area (TPSA) is 29.5 Å². The molecule has 0 aromatic heterocycles. The lowest BCUT2D eigenvalue weighted by molar-refractivity contribution is 0.000295. The standard InChI is InChI=1S/C6H10ClNO2/c1-5-4-8(6(7)9)2-3-10-5/h5H,2-4H2,1H3/t5-/m1/s1. The number of morpholine rings is 1. The van der Waals surface area contributed by atoms with Crippen LogP contribution >= 0.6 is 11.6 Å². The predicted octanol–water partition coefficient (Wildman–Crippen LogP) is 1.07. The molecule has 1 atom stereocenters. The predicted molar refractivity (Wildman–Crippen MR) is 38.2 cm³/mol. The number of ether oxygens (including phenoxy) is 1. The van der Waals surface area contributed by atoms with Crippen molar-refractivity contribution >= 4 is 17.0 Å². The highest BCUT2D eigenvalue weighted by atomic mass is 35.5. The summed E-state index contributed by atoms with van der Waals surface area (Å²) in [6.45, 7) is 3.75. The minimum Gasteiger partial charge on any atom is -0.375 e. The summed E-state index contributed by atoms with van der Waals surface area (Å²) in [5, 5.41) is -0.379. The Morgan fingerprint density at radius 3 is 2.90 bits per heavy atom. The van der Waals surface area contributed by atoms with Gasteiger partial charge in [-0.3, -0.25) is 4.79 Å². The molecule has 1 fully saturated rings. The zero-order valence-electron chi connectivity index (χ0n) is 5.84. The van der Waals surface area contributed by atoms with Crippen LogP contribution in [0.25, 0.3) is 0 Å². The molecule has 0 unspecified atom stereocenters. The molecule has 0 aliphatic carbocycles. The van der Waals surface area contributed by atoms with Crippen LogP contribution in [0.4, 0.5) is 4.79 Å². The van der Waals surface area contributed by atoms with Gasteiger partial charge in [0.25, 0.3) is 0 Å². The van der Waals surface area contributed by atoms with Crippen LogP contribution in [0.15, 0.2) is 0 Å². The van der Waals surface area contributed by atoms with E-state index in [0.717, 1.165) is 0 Å². The maximum Gasteiger partial charge on any atom is 0.316 e. The fourth-order valence-corrected chi connectivity index (χ4v) is 1.13. The van der Waals surface area contributed by atoms with Crippen molar-refractivity contribution in [1.29, 1.82) is 0 Å². The van der Waals surface area contributed by atoms with E-state index in [4.69, 9.17) is 16.3 Å². The summed E-state index contributed by atoms with van der Waals surface area (Å²) in [7, 11) is 0. The Bertz CT molecular complexity index is 140. The van der Waals surface area contributed by atoms with Gasteiger partial charge in [0.05, 0.1) is 12.7 Å². The molecule has 0 radical (unpaired) electrons. The smallest absolute Gasteiger partial charge is 0.316 e. The maximum atomic E-state index is 10.6. The first-order valence-electron chi connectivity index (χ1n) is 3.26. The average molecular weight is 164 g/mol. The largest absolute Gasteiger partial charge is 0.375 e. The number of halogens is 1. The van der Waals surface area contributed by atoms with E-state index in [0.29, 0.717) is 19.7 Å². The molecule has 10 heavy (non-hydrogen) atoms. The van der Waals surface area contributed by atoms with Gasteiger partial charge < -0.3 is 9.64 Å². The van der Waals surface area contributed by atoms with E-state index in [1.54, 1.807) is 4.90 Å². The fourth-order valence-electron chi connectivity index (χ4n) is 0.978. The monoisotopic (exact) mass is 163 g/mol. The minimum atomic E-state index is -0.379. The van der Waals surface area contributed by atoms with Crippen molar-refractivity contribution in [2.24, 2.45) is 0 Å². The SMILES string of the molecule is C[C@@H]1CN(C(=O)Cl)CCO1. The Kier molecular flexibility index (Phi) is 2.51. The summed E-state index contributed by atoms with van der Waals surface area (Å²) in [6.07, 6.45) is 0.122. The van der Waals surface area contributed by atoms with Crippen LogP contribution in [0.1, 0.15) is 6.92 Å². The summed E-state index contributed by atoms with van der Waals surface area (Å²) in [4.78, 5) is 12.2. The van der Waals surface area contributed by atoms with Crippen molar-refractivity contribution < 1.29 is 9.53 Å². The van der Waals surface area contributed by atoms with Crippen LogP contribution < -0.4 is 0 Å². The number of amides is 1. The summed E-state index contributed by atoms with van der Waals surface area (Å²) >= 11 is 5.25. The third kappa shape index (κ3) is 1.85. The average Bonchev–Trinajstić information content (AvgIpc) is 1.88. The second-order valence-electron chi connectivity index (χ2n) is 2.38. The van der Waals surface area contributed by atoms with E-state index in [9.17, 15) is 4.79 Å². The van der Waals surface area contributed by atoms with Crippen LogP contribution in [-0.4, -0.2) is 36.1 Å². The fraction of sp³-hybridized carbons (Fsp3) is 0.833. The highest BCUT2D eigenvalue weighted by molar-refractivity contribution is 6.62. The first-order valence-corrected chi connectivity index (χ1v) is 3.64. The molecule has 0 spiro atoms. The van der Waals surface area contributed by atoms with E-state index in [2.05, 4.69) is 0 Å². The van der Waals surface area contributed by atoms with Crippen molar-refractivity contribution in [3.05, 3.63) is 0 Å². The quantitative estimate of drug-likeness (QED) is 0.395. The molecule has 0 aromatic rings. The van der Waals surface area contributed by atoms with Crippen LogP contribution in [0, 0.1) is 0 Å². The number of nitrogens with zero attached hydrogens (tertiary/aromatic N) is 1. The summed E-state index contributed by atoms with van der Waals surface area (Å²) in [5.74, 6) is 0. The second kappa shape index (κ2) is 3.21. The molecule has 0 N–H and O–H groups in total. The molecule has 1 rings (SSSR count). The summed E-state index contributed by atoms with van der Waals surface area (Å²) < 4.78 is 5.21. The van der Waals surface area contributed by atoms with Gasteiger partial charge in [0, 0.05) is 13.1 Å². The van der Waals surface area contributed by atoms with Crippen molar-refractivity contribution in [1.82, 2.24) is 4.90 Å². The number of carbonyl (C=O) groups is 1. The molecule has 1 heterocycles. The first-order chi connectivity index (χ1) is 4.70. The molecule has 1 aliphatic heterocycles. The van der Waals surface area contributed by atoms with E-state index in [1.807, 2.05) is 6.92 Å². The molecule has 1 amide bonds. The third-order valence-electron chi connectivity index (χ3n) is 1.49. The molecule has 1 saturated heterocycles. The lowest BCUT2D eigenvalue weighted by Gasteiger charge is -2.29. The van der Waals surface area contributed by atoms with Gasteiger partial charge in [-0.15, -0.1) is 0 Å². The van der Waals surface area contributed by atoms with Crippen LogP contribution in [0.3, 0.4) is 0 Å². The third-order valence-corrected chi connectivity index (χ3v) is 1.73. The highest BCUT2D eigenvalue weighted by Gasteiger charge is 2.19. The van der Waals surface area contributed by atoms with Gasteiger partial charge >= 0.3 is 5.37 Å². The van der Waals surface area contributed by atoms with Gasteiger partial charge in [0.1, 0.15) is 0 Å². The van der Waals surface area contributed by atoms with Crippen LogP contribution in [0.5, 0.6) is 0 Å². The Morgan fingerprint density at radius 1 is 1.80 bits per heavy atom. The molecule has 58 valence electrons. The van der Waals surface area contributed by atoms with E-state index < -0.39 is 0 Å². The molecule has 4 heteroatoms. The lowest BCUT2D eigenvalue weighted by Crippen LogP contribution is -2.42. The van der Waals surface area contributed by atoms with Crippen molar-refractivity contribution in [3.8, 4) is 0 Å². The van der Waals surface area contributed by atoms with E-state index >= 15 is 0 Å². The molecule has 1 aliphatic rings. The molecule has 3 nitrogen and oxygen atoms in total. The zero-order valence-corrected chi connectivity index (χ0v) is 6.60. The molecular weight excluding hydrogens is 154 g/mol. The van der Waals surface area contributed by atoms with Crippen LogP contribution in [-0.2, 0) is 4.74 Å². The van der Waals surface area contributed by atoms with Crippen molar-refractivity contribution in [2.75, 3.05) is 19.7 Å². The second-order valence-corrected chi connectivity index (χ2v) is 2.70. The van der Waals surface area contributed by atoms with E-state index in [-0.39, 0.29) is 11.5 Å². The minimum absolute atomic E-state index is 0.122. The maximum absolute atomic E-state index is 10.6. The summed E-state index contributed by atoms with van der Waals surface area (Å²) in [5.41, 5.74) is 0. The molecule has 0 saturated carbocycles. The molecular formula is C6H10ClNO2. The Hall–Kier alpha value is -0.280. The Labute approximate surface area is 64.9 Å². The highest BCUT2D eigenvalue weighted by Crippen LogP contribution is 2.06. The zero-order chi connectivity index (χ0) is 7.56. The Morgan fingerprint density at radius 2 is 2.50 bits per heavy atom. The van der Waals surface area contributed by atoms with Crippen LogP contribution in [0.2, 0.25) is 0 Å².